The molecular formula is C33H42N2O2. The van der Waals surface area contributed by atoms with E-state index in [0.717, 1.165) is 35.6 Å². The third kappa shape index (κ3) is 7.15. The number of anilines is 1. The van der Waals surface area contributed by atoms with Gasteiger partial charge in [-0.1, -0.05) is 102 Å². The molecule has 0 radical (unpaired) electrons. The normalized spacial score (nSPS) is 14.4. The average Bonchev–Trinajstić information content (AvgIpc) is 3.18. The molecule has 4 heteroatoms. The molecule has 0 unspecified atom stereocenters. The van der Waals surface area contributed by atoms with E-state index in [1.165, 1.54) is 36.8 Å². The minimum atomic E-state index is 0.00603. The Morgan fingerprint density at radius 2 is 1.35 bits per heavy atom. The summed E-state index contributed by atoms with van der Waals surface area (Å²) < 4.78 is 5.98. The van der Waals surface area contributed by atoms with Crippen molar-refractivity contribution in [3.05, 3.63) is 89.5 Å². The summed E-state index contributed by atoms with van der Waals surface area (Å²) in [5, 5.41) is 3.39. The Bertz CT molecular complexity index is 1100. The molecule has 1 N–H and O–H groups in total. The maximum Gasteiger partial charge on any atom is 0.322 e. The lowest BCUT2D eigenvalue weighted by Crippen LogP contribution is -2.42. The Hall–Kier alpha value is -3.27. The molecule has 4 rings (SSSR count). The molecular weight excluding hydrogens is 456 g/mol. The first kappa shape index (κ1) is 26.8. The number of amides is 2. The lowest BCUT2D eigenvalue weighted by Gasteiger charge is -2.32. The fraction of sp³-hybridized carbons (Fsp3) is 0.424. The fourth-order valence-electron chi connectivity index (χ4n) is 5.29. The van der Waals surface area contributed by atoms with Gasteiger partial charge in [0.05, 0.1) is 0 Å². The first-order valence-corrected chi connectivity index (χ1v) is 13.9. The van der Waals surface area contributed by atoms with Crippen molar-refractivity contribution in [1.29, 1.82) is 0 Å². The summed E-state index contributed by atoms with van der Waals surface area (Å²) in [4.78, 5) is 16.1. The van der Waals surface area contributed by atoms with Crippen molar-refractivity contribution >= 4 is 11.7 Å². The van der Waals surface area contributed by atoms with Gasteiger partial charge in [0.25, 0.3) is 0 Å². The number of hydrogen-bond acceptors (Lipinski definition) is 2. The van der Waals surface area contributed by atoms with Crippen LogP contribution in [0.1, 0.15) is 94.7 Å². The summed E-state index contributed by atoms with van der Waals surface area (Å²) >= 11 is 0. The van der Waals surface area contributed by atoms with Crippen molar-refractivity contribution in [2.24, 2.45) is 0 Å². The van der Waals surface area contributed by atoms with Crippen LogP contribution in [0.25, 0.3) is 0 Å². The Morgan fingerprint density at radius 1 is 0.784 bits per heavy atom. The molecule has 3 aromatic carbocycles. The molecule has 196 valence electrons. The molecule has 37 heavy (non-hydrogen) atoms. The number of hydrogen-bond donors (Lipinski definition) is 1. The molecule has 0 bridgehead atoms. The second-order valence-electron chi connectivity index (χ2n) is 10.9. The van der Waals surface area contributed by atoms with Gasteiger partial charge in [0, 0.05) is 18.3 Å². The summed E-state index contributed by atoms with van der Waals surface area (Å²) in [6.45, 7) is 9.35. The van der Waals surface area contributed by atoms with E-state index in [4.69, 9.17) is 4.74 Å². The summed E-state index contributed by atoms with van der Waals surface area (Å²) in [5.41, 5.74) is 4.49. The van der Waals surface area contributed by atoms with Crippen LogP contribution in [0.2, 0.25) is 0 Å². The molecule has 3 aromatic rings. The largest absolute Gasteiger partial charge is 0.457 e. The van der Waals surface area contributed by atoms with Crippen LogP contribution in [-0.4, -0.2) is 17.0 Å². The molecule has 0 aromatic heterocycles. The molecule has 4 nitrogen and oxygen atoms in total. The predicted octanol–water partition coefficient (Wildman–Crippen LogP) is 9.48. The molecule has 0 aliphatic heterocycles. The number of urea groups is 1. The van der Waals surface area contributed by atoms with E-state index in [9.17, 15) is 4.79 Å². The zero-order valence-corrected chi connectivity index (χ0v) is 22.9. The van der Waals surface area contributed by atoms with Crippen LogP contribution in [0.5, 0.6) is 11.5 Å². The highest BCUT2D eigenvalue weighted by atomic mass is 16.5. The van der Waals surface area contributed by atoms with Crippen LogP contribution in [0.4, 0.5) is 10.5 Å². The lowest BCUT2D eigenvalue weighted by atomic mass is 9.92. The van der Waals surface area contributed by atoms with Gasteiger partial charge < -0.3 is 15.0 Å². The molecule has 1 aliphatic carbocycles. The van der Waals surface area contributed by atoms with Crippen LogP contribution >= 0.6 is 0 Å². The summed E-state index contributed by atoms with van der Waals surface area (Å²) in [6.07, 6.45) is 6.99. The van der Waals surface area contributed by atoms with Gasteiger partial charge in [-0.05, 0) is 65.6 Å². The zero-order valence-electron chi connectivity index (χ0n) is 22.9. The molecule has 1 saturated carbocycles. The van der Waals surface area contributed by atoms with Crippen LogP contribution in [0.15, 0.2) is 72.8 Å². The van der Waals surface area contributed by atoms with Gasteiger partial charge in [0.2, 0.25) is 0 Å². The number of benzene rings is 3. The minimum absolute atomic E-state index is 0.00603. The van der Waals surface area contributed by atoms with Crippen molar-refractivity contribution in [3.8, 4) is 11.5 Å². The minimum Gasteiger partial charge on any atom is -0.457 e. The Kier molecular flexibility index (Phi) is 9.27. The van der Waals surface area contributed by atoms with E-state index in [2.05, 4.69) is 68.2 Å². The predicted molar refractivity (Wildman–Crippen MR) is 154 cm³/mol. The molecule has 0 heterocycles. The zero-order chi connectivity index (χ0) is 26.2. The highest BCUT2D eigenvalue weighted by molar-refractivity contribution is 5.91. The smallest absolute Gasteiger partial charge is 0.322 e. The number of ether oxygens (including phenoxy) is 1. The van der Waals surface area contributed by atoms with Crippen molar-refractivity contribution in [2.75, 3.05) is 5.32 Å². The Balaban J connectivity index is 1.57. The standard InChI is InChI=1S/C33H42N2O2/c1-24(2)30-17-12-18-31(25(3)4)32(30)34-33(36)35(27-13-8-5-6-9-14-27)23-26-19-21-29(22-20-26)37-28-15-10-7-11-16-28/h7,10-12,15-22,24-25,27H,5-6,8-9,13-14,23H2,1-4H3,(H,34,36). The van der Waals surface area contributed by atoms with Gasteiger partial charge in [-0.25, -0.2) is 4.79 Å². The van der Waals surface area contributed by atoms with Gasteiger partial charge in [-0.2, -0.15) is 0 Å². The summed E-state index contributed by atoms with van der Waals surface area (Å²) in [5.74, 6) is 2.28. The monoisotopic (exact) mass is 498 g/mol. The number of nitrogens with one attached hydrogen (secondary N) is 1. The summed E-state index contributed by atoms with van der Waals surface area (Å²) in [7, 11) is 0. The van der Waals surface area contributed by atoms with Gasteiger partial charge in [-0.3, -0.25) is 0 Å². The topological polar surface area (TPSA) is 41.6 Å². The van der Waals surface area contributed by atoms with E-state index in [1.54, 1.807) is 0 Å². The maximum absolute atomic E-state index is 14.0. The van der Waals surface area contributed by atoms with Crippen LogP contribution < -0.4 is 10.1 Å². The Labute approximate surface area is 223 Å². The van der Waals surface area contributed by atoms with E-state index < -0.39 is 0 Å². The van der Waals surface area contributed by atoms with E-state index in [-0.39, 0.29) is 12.1 Å². The summed E-state index contributed by atoms with van der Waals surface area (Å²) in [6, 6.07) is 24.6. The van der Waals surface area contributed by atoms with E-state index in [1.807, 2.05) is 42.5 Å². The molecule has 1 fully saturated rings. The fourth-order valence-corrected chi connectivity index (χ4v) is 5.29. The van der Waals surface area contributed by atoms with Crippen molar-refractivity contribution in [2.45, 2.75) is 90.6 Å². The number of carbonyl (C=O) groups is 1. The number of para-hydroxylation sites is 2. The second-order valence-corrected chi connectivity index (χ2v) is 10.9. The van der Waals surface area contributed by atoms with Crippen LogP contribution in [0.3, 0.4) is 0 Å². The second kappa shape index (κ2) is 12.8. The van der Waals surface area contributed by atoms with E-state index >= 15 is 0 Å². The van der Waals surface area contributed by atoms with Gasteiger partial charge in [0.15, 0.2) is 0 Å². The third-order valence-electron chi connectivity index (χ3n) is 7.39. The quantitative estimate of drug-likeness (QED) is 0.314. The number of nitrogens with zero attached hydrogens (tertiary/aromatic N) is 1. The van der Waals surface area contributed by atoms with Crippen LogP contribution in [-0.2, 0) is 6.54 Å². The lowest BCUT2D eigenvalue weighted by molar-refractivity contribution is 0.175. The maximum atomic E-state index is 14.0. The number of carbonyl (C=O) groups excluding carboxylic acids is 1. The van der Waals surface area contributed by atoms with Gasteiger partial charge in [-0.15, -0.1) is 0 Å². The molecule has 1 aliphatic rings. The van der Waals surface area contributed by atoms with Gasteiger partial charge >= 0.3 is 6.03 Å². The highest BCUT2D eigenvalue weighted by Crippen LogP contribution is 2.33. The molecule has 2 amide bonds. The Morgan fingerprint density at radius 3 is 1.92 bits per heavy atom. The van der Waals surface area contributed by atoms with E-state index in [0.29, 0.717) is 18.4 Å². The molecule has 0 spiro atoms. The molecule has 0 saturated heterocycles. The molecule has 0 atom stereocenters. The van der Waals surface area contributed by atoms with Gasteiger partial charge in [0.1, 0.15) is 11.5 Å². The van der Waals surface area contributed by atoms with Crippen molar-refractivity contribution in [1.82, 2.24) is 4.90 Å². The third-order valence-corrected chi connectivity index (χ3v) is 7.39. The van der Waals surface area contributed by atoms with Crippen molar-refractivity contribution in [3.63, 3.8) is 0 Å². The highest BCUT2D eigenvalue weighted by Gasteiger charge is 2.27. The first-order chi connectivity index (χ1) is 17.9. The average molecular weight is 499 g/mol. The van der Waals surface area contributed by atoms with Crippen LogP contribution in [0, 0.1) is 0 Å². The number of rotatable bonds is 8. The van der Waals surface area contributed by atoms with Crippen molar-refractivity contribution < 1.29 is 9.53 Å². The first-order valence-electron chi connectivity index (χ1n) is 13.9. The SMILES string of the molecule is CC(C)c1cccc(C(C)C)c1NC(=O)N(Cc1ccc(Oc2ccccc2)cc1)C1CCCCCC1.